The van der Waals surface area contributed by atoms with Gasteiger partial charge >= 0.3 is 0 Å². The van der Waals surface area contributed by atoms with Crippen molar-refractivity contribution in [3.63, 3.8) is 0 Å². The molecule has 3 heterocycles. The molecule has 0 radical (unpaired) electrons. The Kier molecular flexibility index (Phi) is 5.69. The third kappa shape index (κ3) is 3.94. The Morgan fingerprint density at radius 1 is 1.07 bits per heavy atom. The van der Waals surface area contributed by atoms with Gasteiger partial charge < -0.3 is 19.3 Å². The molecule has 4 rings (SSSR count). The lowest BCUT2D eigenvalue weighted by Gasteiger charge is -2.41. The quantitative estimate of drug-likeness (QED) is 0.796. The number of amides is 2. The van der Waals surface area contributed by atoms with Crippen LogP contribution < -0.4 is 0 Å². The van der Waals surface area contributed by atoms with Crippen molar-refractivity contribution in [2.75, 3.05) is 32.8 Å². The molecule has 0 spiro atoms. The summed E-state index contributed by atoms with van der Waals surface area (Å²) in [6.07, 6.45) is 3.95. The van der Waals surface area contributed by atoms with Gasteiger partial charge in [0.2, 0.25) is 11.8 Å². The van der Waals surface area contributed by atoms with E-state index in [1.807, 2.05) is 42.2 Å². The largest absolute Gasteiger partial charge is 0.347 e. The molecule has 0 saturated carbocycles. The molecule has 6 nitrogen and oxygen atoms in total. The van der Waals surface area contributed by atoms with Crippen LogP contribution in [0.3, 0.4) is 0 Å². The van der Waals surface area contributed by atoms with E-state index in [9.17, 15) is 9.59 Å². The fraction of sp³-hybridized carbons (Fsp3) is 0.636. The maximum absolute atomic E-state index is 13.3. The van der Waals surface area contributed by atoms with Crippen molar-refractivity contribution >= 4 is 11.8 Å². The predicted octanol–water partition coefficient (Wildman–Crippen LogP) is 2.22. The Morgan fingerprint density at radius 2 is 1.79 bits per heavy atom. The average molecular weight is 386 g/mol. The van der Waals surface area contributed by atoms with Crippen molar-refractivity contribution in [3.05, 3.63) is 35.9 Å². The van der Waals surface area contributed by atoms with Crippen LogP contribution in [0, 0.1) is 5.92 Å². The summed E-state index contributed by atoms with van der Waals surface area (Å²) >= 11 is 0. The van der Waals surface area contributed by atoms with E-state index in [1.165, 1.54) is 0 Å². The number of piperidine rings is 1. The molecule has 0 aliphatic carbocycles. The number of nitrogens with zero attached hydrogens (tertiary/aromatic N) is 2. The summed E-state index contributed by atoms with van der Waals surface area (Å²) in [6.45, 7) is 5.29. The Hall–Kier alpha value is -1.92. The Morgan fingerprint density at radius 3 is 2.54 bits per heavy atom. The van der Waals surface area contributed by atoms with E-state index >= 15 is 0 Å². The molecule has 3 aliphatic heterocycles. The summed E-state index contributed by atoms with van der Waals surface area (Å²) in [7, 11) is 0. The van der Waals surface area contributed by atoms with E-state index in [1.54, 1.807) is 4.90 Å². The normalized spacial score (nSPS) is 27.2. The van der Waals surface area contributed by atoms with Gasteiger partial charge in [0.25, 0.3) is 0 Å². The van der Waals surface area contributed by atoms with Crippen LogP contribution in [0.5, 0.6) is 0 Å². The highest BCUT2D eigenvalue weighted by Crippen LogP contribution is 2.35. The predicted molar refractivity (Wildman–Crippen MR) is 104 cm³/mol. The van der Waals surface area contributed by atoms with Gasteiger partial charge in [-0.3, -0.25) is 9.59 Å². The van der Waals surface area contributed by atoms with Crippen LogP contribution in [0.15, 0.2) is 30.3 Å². The first kappa shape index (κ1) is 19.4. The van der Waals surface area contributed by atoms with Crippen molar-refractivity contribution in [2.24, 2.45) is 5.92 Å². The van der Waals surface area contributed by atoms with Crippen LogP contribution in [0.4, 0.5) is 0 Å². The molecule has 0 bridgehead atoms. The van der Waals surface area contributed by atoms with Gasteiger partial charge in [-0.2, -0.15) is 0 Å². The van der Waals surface area contributed by atoms with Gasteiger partial charge in [0.05, 0.1) is 19.6 Å². The molecule has 1 aromatic rings. The smallest absolute Gasteiger partial charge is 0.245 e. The van der Waals surface area contributed by atoms with E-state index < -0.39 is 5.79 Å². The summed E-state index contributed by atoms with van der Waals surface area (Å²) in [5.74, 6) is -0.268. The molecule has 28 heavy (non-hydrogen) atoms. The van der Waals surface area contributed by atoms with Crippen LogP contribution in [-0.2, 0) is 25.5 Å². The van der Waals surface area contributed by atoms with Gasteiger partial charge in [-0.15, -0.1) is 0 Å². The number of ether oxygens (including phenoxy) is 2. The SMILES string of the molecule is CC1(C2CCCN(C(=O)C3CCCN3C(=O)Cc3ccccc3)C2)OCCO1. The van der Waals surface area contributed by atoms with Gasteiger partial charge in [-0.25, -0.2) is 0 Å². The van der Waals surface area contributed by atoms with Crippen molar-refractivity contribution in [1.29, 1.82) is 0 Å². The van der Waals surface area contributed by atoms with E-state index in [0.29, 0.717) is 32.7 Å². The second-order valence-corrected chi connectivity index (χ2v) is 8.24. The molecule has 6 heteroatoms. The minimum absolute atomic E-state index is 0.0463. The Bertz CT molecular complexity index is 702. The molecule has 152 valence electrons. The fourth-order valence-electron chi connectivity index (χ4n) is 4.78. The zero-order valence-corrected chi connectivity index (χ0v) is 16.6. The Labute approximate surface area is 166 Å². The molecular formula is C22H30N2O4. The zero-order chi connectivity index (χ0) is 19.6. The molecule has 2 amide bonds. The number of carbonyl (C=O) groups is 2. The lowest BCUT2D eigenvalue weighted by Crippen LogP contribution is -2.54. The average Bonchev–Trinajstić information content (AvgIpc) is 3.38. The maximum Gasteiger partial charge on any atom is 0.245 e. The van der Waals surface area contributed by atoms with E-state index in [-0.39, 0.29) is 23.8 Å². The highest BCUT2D eigenvalue weighted by atomic mass is 16.7. The third-order valence-electron chi connectivity index (χ3n) is 6.39. The van der Waals surface area contributed by atoms with Crippen molar-refractivity contribution in [3.8, 4) is 0 Å². The van der Waals surface area contributed by atoms with Gasteiger partial charge in [0.15, 0.2) is 5.79 Å². The lowest BCUT2D eigenvalue weighted by molar-refractivity contribution is -0.193. The molecule has 3 fully saturated rings. The highest BCUT2D eigenvalue weighted by Gasteiger charge is 2.44. The van der Waals surface area contributed by atoms with Crippen LogP contribution in [0.25, 0.3) is 0 Å². The van der Waals surface area contributed by atoms with E-state index in [0.717, 1.165) is 37.8 Å². The minimum atomic E-state index is -0.586. The van der Waals surface area contributed by atoms with E-state index in [2.05, 4.69) is 0 Å². The van der Waals surface area contributed by atoms with E-state index in [4.69, 9.17) is 9.47 Å². The standard InChI is InChI=1S/C22H30N2O4/c1-22(27-13-14-28-22)18-9-5-11-23(16-18)21(26)19-10-6-12-24(19)20(25)15-17-7-3-2-4-8-17/h2-4,7-8,18-19H,5-6,9-16H2,1H3. The molecule has 1 aromatic carbocycles. The lowest BCUT2D eigenvalue weighted by atomic mass is 9.90. The number of benzene rings is 1. The summed E-state index contributed by atoms with van der Waals surface area (Å²) in [4.78, 5) is 29.9. The molecule has 0 N–H and O–H groups in total. The highest BCUT2D eigenvalue weighted by molar-refractivity contribution is 5.89. The molecular weight excluding hydrogens is 356 g/mol. The van der Waals surface area contributed by atoms with Crippen LogP contribution in [0.2, 0.25) is 0 Å². The molecule has 2 atom stereocenters. The van der Waals surface area contributed by atoms with Crippen molar-refractivity contribution < 1.29 is 19.1 Å². The van der Waals surface area contributed by atoms with Crippen LogP contribution in [-0.4, -0.2) is 66.3 Å². The molecule has 0 aromatic heterocycles. The molecule has 2 unspecified atom stereocenters. The monoisotopic (exact) mass is 386 g/mol. The first-order valence-corrected chi connectivity index (χ1v) is 10.5. The summed E-state index contributed by atoms with van der Waals surface area (Å²) in [5.41, 5.74) is 0.993. The number of hydrogen-bond donors (Lipinski definition) is 0. The number of carbonyl (C=O) groups excluding carboxylic acids is 2. The second-order valence-electron chi connectivity index (χ2n) is 8.24. The number of rotatable bonds is 4. The minimum Gasteiger partial charge on any atom is -0.347 e. The maximum atomic E-state index is 13.3. The van der Waals surface area contributed by atoms with Crippen LogP contribution in [0.1, 0.15) is 38.2 Å². The van der Waals surface area contributed by atoms with Crippen molar-refractivity contribution in [1.82, 2.24) is 9.80 Å². The summed E-state index contributed by atoms with van der Waals surface area (Å²) < 4.78 is 11.7. The first-order valence-electron chi connectivity index (χ1n) is 10.5. The van der Waals surface area contributed by atoms with Gasteiger partial charge in [-0.1, -0.05) is 30.3 Å². The van der Waals surface area contributed by atoms with Gasteiger partial charge in [-0.05, 0) is 38.2 Å². The molecule has 3 saturated heterocycles. The summed E-state index contributed by atoms with van der Waals surface area (Å²) in [5, 5.41) is 0. The van der Waals surface area contributed by atoms with Crippen LogP contribution >= 0.6 is 0 Å². The third-order valence-corrected chi connectivity index (χ3v) is 6.39. The second kappa shape index (κ2) is 8.21. The first-order chi connectivity index (χ1) is 13.6. The van der Waals surface area contributed by atoms with Gasteiger partial charge in [0, 0.05) is 25.6 Å². The number of hydrogen-bond acceptors (Lipinski definition) is 4. The number of likely N-dealkylation sites (tertiary alicyclic amines) is 2. The fourth-order valence-corrected chi connectivity index (χ4v) is 4.78. The molecule has 3 aliphatic rings. The topological polar surface area (TPSA) is 59.1 Å². The van der Waals surface area contributed by atoms with Gasteiger partial charge in [0.1, 0.15) is 6.04 Å². The van der Waals surface area contributed by atoms with Crippen molar-refractivity contribution in [2.45, 2.75) is 50.9 Å². The Balaban J connectivity index is 1.40. The summed E-state index contributed by atoms with van der Waals surface area (Å²) in [6, 6.07) is 9.42. The zero-order valence-electron chi connectivity index (χ0n) is 16.6.